The summed E-state index contributed by atoms with van der Waals surface area (Å²) in [5.41, 5.74) is 5.19. The van der Waals surface area contributed by atoms with Gasteiger partial charge in [0.05, 0.1) is 31.2 Å². The molecule has 10 atom stereocenters. The molecule has 10 unspecified atom stereocenters. The highest BCUT2D eigenvalue weighted by molar-refractivity contribution is 5.89. The average molecular weight is 970 g/mol. The number of aromatic hydroxyl groups is 1. The number of aliphatic hydroxyl groups excluding tert-OH is 3. The molecular formula is C60H75NO10. The van der Waals surface area contributed by atoms with Crippen molar-refractivity contribution in [2.24, 2.45) is 23.7 Å². The Morgan fingerprint density at radius 2 is 1.66 bits per heavy atom. The van der Waals surface area contributed by atoms with Crippen LogP contribution in [0.5, 0.6) is 11.5 Å². The summed E-state index contributed by atoms with van der Waals surface area (Å²) in [6.07, 6.45) is 10.0. The Morgan fingerprint density at radius 1 is 0.887 bits per heavy atom. The van der Waals surface area contributed by atoms with Crippen LogP contribution in [-0.2, 0) is 51.4 Å². The van der Waals surface area contributed by atoms with Crippen LogP contribution in [0.2, 0.25) is 0 Å². The van der Waals surface area contributed by atoms with Gasteiger partial charge in [-0.25, -0.2) is 4.79 Å². The summed E-state index contributed by atoms with van der Waals surface area (Å²) in [5.74, 6) is 3.65. The molecule has 3 heterocycles. The van der Waals surface area contributed by atoms with Crippen molar-refractivity contribution in [1.82, 2.24) is 0 Å². The zero-order valence-electron chi connectivity index (χ0n) is 42.0. The van der Waals surface area contributed by atoms with E-state index in [1.807, 2.05) is 42.5 Å². The minimum atomic E-state index is -1.61. The monoisotopic (exact) mass is 970 g/mol. The molecule has 9 rings (SSSR count). The summed E-state index contributed by atoms with van der Waals surface area (Å²) in [5, 5.41) is 63.6. The van der Waals surface area contributed by atoms with E-state index in [1.165, 1.54) is 0 Å². The molecule has 11 nitrogen and oxygen atoms in total. The predicted octanol–water partition coefficient (Wildman–Crippen LogP) is 9.34. The standard InChI is InChI=1S/C60H75NO10/c1-4-6-8-16-47-44(34-62)27-41(30-52(47)61-33-35(3)63)39-17-18-40-32-55(66)71-58-49(40)29-42(57(67)56(58)38-14-9-7-10-15-38)31-54-60(69)45(5-2)19-20-48-50(53(65)22-21-51(48)60)25-37-13-11-12-36(23-37)24-46(64)28-43(26-39)59(68)70-54/h11-13,23,27-30,35,38-40,45-46,48,50-51,54,61-64,67,69H,4-10,14-16,19-22,24-26,31-34H2,1-3H3. The fraction of sp³-hybridized carbons (Fsp3) is 0.583. The molecule has 3 aliphatic carbocycles. The molecule has 10 bridgehead atoms. The van der Waals surface area contributed by atoms with E-state index in [-0.39, 0.29) is 86.0 Å². The van der Waals surface area contributed by atoms with Crippen molar-refractivity contribution < 1.29 is 49.4 Å². The Kier molecular flexibility index (Phi) is 15.8. The van der Waals surface area contributed by atoms with Gasteiger partial charge in [0.25, 0.3) is 0 Å². The lowest BCUT2D eigenvalue weighted by Gasteiger charge is -2.56. The number of hydrogen-bond donors (Lipinski definition) is 6. The Hall–Kier alpha value is -4.99. The summed E-state index contributed by atoms with van der Waals surface area (Å²) >= 11 is 0. The highest BCUT2D eigenvalue weighted by Crippen LogP contribution is 2.56. The SMILES string of the molecule is CCCCCc1c(CO)cc(C2C#CC3CC(=O)Oc4c3cc(c(O)c4C3CCCCC3)CC3OC(=O)C(=CC(O)Cc4cccc(c4)CC4C(=O)CCC5C4CCC(CC)C35O)C2)cc1NCC(C)O. The lowest BCUT2D eigenvalue weighted by molar-refractivity contribution is -0.212. The van der Waals surface area contributed by atoms with Crippen molar-refractivity contribution in [3.63, 3.8) is 0 Å². The van der Waals surface area contributed by atoms with Crippen LogP contribution in [0.4, 0.5) is 5.69 Å². The van der Waals surface area contributed by atoms with Crippen LogP contribution in [0.25, 0.3) is 0 Å². The van der Waals surface area contributed by atoms with Gasteiger partial charge in [-0.3, -0.25) is 9.59 Å². The Balaban J connectivity index is 1.29. The van der Waals surface area contributed by atoms with Gasteiger partial charge in [0.15, 0.2) is 0 Å². The number of anilines is 1. The summed E-state index contributed by atoms with van der Waals surface area (Å²) in [6, 6.07) is 13.7. The first-order chi connectivity index (χ1) is 34.3. The van der Waals surface area contributed by atoms with Crippen LogP contribution >= 0.6 is 0 Å². The molecule has 6 aliphatic rings. The van der Waals surface area contributed by atoms with E-state index in [0.717, 1.165) is 80.2 Å². The van der Waals surface area contributed by atoms with Crippen LogP contribution in [0.1, 0.15) is 179 Å². The lowest BCUT2D eigenvalue weighted by Crippen LogP contribution is -2.63. The fourth-order valence-corrected chi connectivity index (χ4v) is 13.7. The lowest BCUT2D eigenvalue weighted by atomic mass is 9.53. The van der Waals surface area contributed by atoms with Crippen molar-refractivity contribution in [3.8, 4) is 23.3 Å². The van der Waals surface area contributed by atoms with E-state index in [2.05, 4.69) is 31.0 Å². The van der Waals surface area contributed by atoms with Crippen LogP contribution in [0, 0.1) is 35.5 Å². The van der Waals surface area contributed by atoms with Crippen molar-refractivity contribution in [2.75, 3.05) is 11.9 Å². The van der Waals surface area contributed by atoms with Gasteiger partial charge in [0, 0.05) is 60.0 Å². The maximum atomic E-state index is 15.6. The second-order valence-corrected chi connectivity index (χ2v) is 21.9. The fourth-order valence-electron chi connectivity index (χ4n) is 13.7. The first kappa shape index (κ1) is 50.9. The number of carbonyl (C=O) groups is 3. The molecular weight excluding hydrogens is 895 g/mol. The molecule has 71 heavy (non-hydrogen) atoms. The second kappa shape index (κ2) is 22.0. The van der Waals surface area contributed by atoms with E-state index in [0.29, 0.717) is 65.7 Å². The molecule has 0 aromatic heterocycles. The molecule has 0 radical (unpaired) electrons. The van der Waals surface area contributed by atoms with Crippen molar-refractivity contribution >= 4 is 23.4 Å². The zero-order valence-corrected chi connectivity index (χ0v) is 42.0. The number of phenolic OH excluding ortho intramolecular Hbond substituents is 1. The third kappa shape index (κ3) is 10.6. The van der Waals surface area contributed by atoms with Crippen LogP contribution in [0.3, 0.4) is 0 Å². The van der Waals surface area contributed by atoms with Crippen molar-refractivity contribution in [3.05, 3.63) is 98.6 Å². The number of nitrogens with one attached hydrogen (secondary N) is 1. The molecule has 3 fully saturated rings. The largest absolute Gasteiger partial charge is 0.507 e. The van der Waals surface area contributed by atoms with E-state index in [1.54, 1.807) is 13.0 Å². The minimum absolute atomic E-state index is 0.0179. The highest BCUT2D eigenvalue weighted by atomic mass is 16.6. The number of Topliss-reactive ketones (excluding diaryl/α,β-unsaturated/α-hetero) is 1. The molecule has 0 amide bonds. The van der Waals surface area contributed by atoms with E-state index in [9.17, 15) is 35.1 Å². The molecule has 3 aliphatic heterocycles. The number of rotatable bonds is 11. The van der Waals surface area contributed by atoms with E-state index >= 15 is 4.79 Å². The number of carbonyl (C=O) groups excluding carboxylic acids is 3. The first-order valence-electron chi connectivity index (χ1n) is 27.0. The summed E-state index contributed by atoms with van der Waals surface area (Å²) in [6.45, 7) is 5.90. The summed E-state index contributed by atoms with van der Waals surface area (Å²) in [7, 11) is 0. The van der Waals surface area contributed by atoms with Gasteiger partial charge < -0.3 is 40.3 Å². The third-order valence-electron chi connectivity index (χ3n) is 17.2. The van der Waals surface area contributed by atoms with Gasteiger partial charge in [0.2, 0.25) is 0 Å². The van der Waals surface area contributed by atoms with Gasteiger partial charge in [-0.2, -0.15) is 0 Å². The molecule has 3 saturated carbocycles. The molecule has 11 heteroatoms. The molecule has 3 aromatic carbocycles. The molecule has 380 valence electrons. The Labute approximate surface area is 419 Å². The number of benzene rings is 3. The van der Waals surface area contributed by atoms with E-state index in [4.69, 9.17) is 9.47 Å². The maximum absolute atomic E-state index is 15.6. The number of unbranched alkanes of at least 4 members (excludes halogenated alkanes) is 2. The van der Waals surface area contributed by atoms with Crippen molar-refractivity contribution in [1.29, 1.82) is 0 Å². The topological polar surface area (TPSA) is 183 Å². The summed E-state index contributed by atoms with van der Waals surface area (Å²) < 4.78 is 13.1. The van der Waals surface area contributed by atoms with Crippen LogP contribution in [-0.4, -0.2) is 73.7 Å². The number of esters is 2. The molecule has 0 saturated heterocycles. The number of ether oxygens (including phenoxy) is 2. The number of fused-ring (bicyclic) bond motifs is 7. The van der Waals surface area contributed by atoms with Crippen LogP contribution in [0.15, 0.2) is 54.1 Å². The quantitative estimate of drug-likeness (QED) is 0.0466. The molecule has 3 aromatic rings. The maximum Gasteiger partial charge on any atom is 0.334 e. The number of aliphatic hydroxyl groups is 4. The zero-order chi connectivity index (χ0) is 50.0. The van der Waals surface area contributed by atoms with Gasteiger partial charge in [-0.15, -0.1) is 0 Å². The average Bonchev–Trinajstić information content (AvgIpc) is 3.36. The minimum Gasteiger partial charge on any atom is -0.507 e. The number of ketones is 1. The summed E-state index contributed by atoms with van der Waals surface area (Å²) in [4.78, 5) is 43.4. The first-order valence-corrected chi connectivity index (χ1v) is 27.0. The number of hydrogen-bond acceptors (Lipinski definition) is 11. The smallest absolute Gasteiger partial charge is 0.334 e. The van der Waals surface area contributed by atoms with Gasteiger partial charge in [-0.05, 0) is 140 Å². The third-order valence-corrected chi connectivity index (χ3v) is 17.2. The normalized spacial score (nSPS) is 29.3. The Morgan fingerprint density at radius 3 is 2.41 bits per heavy atom. The Bertz CT molecular complexity index is 2560. The van der Waals surface area contributed by atoms with Gasteiger partial charge in [0.1, 0.15) is 29.0 Å². The molecule has 0 spiro atoms. The van der Waals surface area contributed by atoms with Gasteiger partial charge >= 0.3 is 11.9 Å². The van der Waals surface area contributed by atoms with E-state index < -0.39 is 53.6 Å². The number of phenols is 1. The van der Waals surface area contributed by atoms with Crippen molar-refractivity contribution in [2.45, 2.75) is 191 Å². The van der Waals surface area contributed by atoms with Gasteiger partial charge in [-0.1, -0.05) is 94.5 Å². The second-order valence-electron chi connectivity index (χ2n) is 21.9. The predicted molar refractivity (Wildman–Crippen MR) is 272 cm³/mol. The highest BCUT2D eigenvalue weighted by Gasteiger charge is 2.59. The van der Waals surface area contributed by atoms with Crippen LogP contribution < -0.4 is 10.1 Å². The molecule has 6 N–H and O–H groups in total.